The zero-order chi connectivity index (χ0) is 18.2. The molecule has 1 unspecified atom stereocenters. The first-order chi connectivity index (χ1) is 11.7. The van der Waals surface area contributed by atoms with Gasteiger partial charge in [0, 0.05) is 23.8 Å². The Morgan fingerprint density at radius 2 is 1.96 bits per heavy atom. The molecule has 1 aliphatic heterocycles. The monoisotopic (exact) mass is 376 g/mol. The molecule has 0 bridgehead atoms. The van der Waals surface area contributed by atoms with Crippen LogP contribution in [0.4, 0.5) is 18.9 Å². The highest BCUT2D eigenvalue weighted by Crippen LogP contribution is 2.30. The first kappa shape index (κ1) is 17.7. The van der Waals surface area contributed by atoms with Crippen molar-refractivity contribution in [2.24, 2.45) is 0 Å². The molecule has 3 rings (SSSR count). The number of hydrogen-bond donors (Lipinski definition) is 1. The fraction of sp³-hybridized carbons (Fsp3) is 0.429. The van der Waals surface area contributed by atoms with Crippen molar-refractivity contribution in [3.05, 3.63) is 30.2 Å². The second-order valence-electron chi connectivity index (χ2n) is 5.71. The van der Waals surface area contributed by atoms with Crippen LogP contribution in [0.1, 0.15) is 25.7 Å². The summed E-state index contributed by atoms with van der Waals surface area (Å²) in [4.78, 5) is 3.28. The highest BCUT2D eigenvalue weighted by atomic mass is 32.2. The summed E-state index contributed by atoms with van der Waals surface area (Å²) < 4.78 is 70.1. The Balaban J connectivity index is 1.75. The van der Waals surface area contributed by atoms with Crippen LogP contribution >= 0.6 is 0 Å². The van der Waals surface area contributed by atoms with Crippen LogP contribution in [0, 0.1) is 0 Å². The van der Waals surface area contributed by atoms with Crippen molar-refractivity contribution < 1.29 is 26.1 Å². The van der Waals surface area contributed by atoms with Crippen LogP contribution in [0.5, 0.6) is 0 Å². The maximum absolute atomic E-state index is 12.5. The van der Waals surface area contributed by atoms with Crippen LogP contribution in [0.2, 0.25) is 0 Å². The predicted octanol–water partition coefficient (Wildman–Crippen LogP) is 2.90. The Morgan fingerprint density at radius 1 is 1.28 bits per heavy atom. The molecule has 25 heavy (non-hydrogen) atoms. The number of aromatic nitrogens is 2. The number of alkyl halides is 3. The summed E-state index contributed by atoms with van der Waals surface area (Å²) >= 11 is 0. The first-order valence-electron chi connectivity index (χ1n) is 7.48. The Bertz CT molecular complexity index is 849. The van der Waals surface area contributed by atoms with Gasteiger partial charge in [-0.2, -0.15) is 30.9 Å². The molecule has 1 atom stereocenters. The zero-order valence-corrected chi connectivity index (χ0v) is 13.9. The number of rotatable bonds is 4. The van der Waals surface area contributed by atoms with Gasteiger partial charge in [0.15, 0.2) is 0 Å². The smallest absolute Gasteiger partial charge is 0.329 e. The average molecular weight is 376 g/mol. The van der Waals surface area contributed by atoms with Gasteiger partial charge in [0.2, 0.25) is 5.82 Å². The van der Waals surface area contributed by atoms with Gasteiger partial charge in [0.25, 0.3) is 0 Å². The predicted molar refractivity (Wildman–Crippen MR) is 82.7 cm³/mol. The summed E-state index contributed by atoms with van der Waals surface area (Å²) in [5.41, 5.74) is 0.569. The SMILES string of the molecule is CC1CCCN1S(=O)(=O)Nc1ccc(-c2noc(C(F)(F)F)n2)cc1. The summed E-state index contributed by atoms with van der Waals surface area (Å²) in [6, 6.07) is 5.61. The van der Waals surface area contributed by atoms with Crippen LogP contribution in [-0.4, -0.2) is 35.5 Å². The minimum atomic E-state index is -4.72. The van der Waals surface area contributed by atoms with Crippen molar-refractivity contribution in [2.75, 3.05) is 11.3 Å². The van der Waals surface area contributed by atoms with Crippen molar-refractivity contribution in [1.82, 2.24) is 14.4 Å². The number of anilines is 1. The van der Waals surface area contributed by atoms with Gasteiger partial charge in [-0.3, -0.25) is 4.72 Å². The van der Waals surface area contributed by atoms with Crippen LogP contribution in [0.3, 0.4) is 0 Å². The second-order valence-corrected chi connectivity index (χ2v) is 7.33. The lowest BCUT2D eigenvalue weighted by atomic mass is 10.2. The highest BCUT2D eigenvalue weighted by Gasteiger charge is 2.38. The van der Waals surface area contributed by atoms with Crippen LogP contribution in [0.15, 0.2) is 28.8 Å². The van der Waals surface area contributed by atoms with E-state index in [9.17, 15) is 21.6 Å². The van der Waals surface area contributed by atoms with E-state index in [1.807, 2.05) is 6.92 Å². The number of hydrogen-bond acceptors (Lipinski definition) is 5. The fourth-order valence-corrected chi connectivity index (χ4v) is 4.11. The molecule has 1 aromatic carbocycles. The maximum Gasteiger partial charge on any atom is 0.471 e. The van der Waals surface area contributed by atoms with Crippen LogP contribution in [-0.2, 0) is 16.4 Å². The average Bonchev–Trinajstić information content (AvgIpc) is 3.16. The molecular weight excluding hydrogens is 361 g/mol. The van der Waals surface area contributed by atoms with Crippen molar-refractivity contribution in [3.63, 3.8) is 0 Å². The van der Waals surface area contributed by atoms with E-state index in [-0.39, 0.29) is 17.4 Å². The summed E-state index contributed by atoms with van der Waals surface area (Å²) in [5, 5.41) is 3.28. The summed E-state index contributed by atoms with van der Waals surface area (Å²) in [6.45, 7) is 2.29. The number of nitrogens with zero attached hydrogens (tertiary/aromatic N) is 3. The fourth-order valence-electron chi connectivity index (χ4n) is 2.61. The lowest BCUT2D eigenvalue weighted by molar-refractivity contribution is -0.159. The van der Waals surface area contributed by atoms with Crippen molar-refractivity contribution in [1.29, 1.82) is 0 Å². The van der Waals surface area contributed by atoms with Gasteiger partial charge in [-0.25, -0.2) is 0 Å². The number of halogens is 3. The quantitative estimate of drug-likeness (QED) is 0.886. The molecule has 0 saturated carbocycles. The lowest BCUT2D eigenvalue weighted by Crippen LogP contribution is -2.37. The van der Waals surface area contributed by atoms with E-state index in [4.69, 9.17) is 0 Å². The van der Waals surface area contributed by atoms with Crippen molar-refractivity contribution in [3.8, 4) is 11.4 Å². The molecule has 2 aromatic rings. The van der Waals surface area contributed by atoms with Gasteiger partial charge in [-0.15, -0.1) is 0 Å². The Hall–Kier alpha value is -2.14. The molecule has 0 radical (unpaired) electrons. The molecule has 0 spiro atoms. The van der Waals surface area contributed by atoms with Gasteiger partial charge < -0.3 is 4.52 Å². The molecule has 136 valence electrons. The van der Waals surface area contributed by atoms with Crippen LogP contribution in [0.25, 0.3) is 11.4 Å². The molecule has 2 heterocycles. The van der Waals surface area contributed by atoms with Crippen molar-refractivity contribution in [2.45, 2.75) is 32.0 Å². The molecule has 1 saturated heterocycles. The Morgan fingerprint density at radius 3 is 2.48 bits per heavy atom. The van der Waals surface area contributed by atoms with E-state index in [2.05, 4.69) is 19.4 Å². The summed E-state index contributed by atoms with van der Waals surface area (Å²) in [6.07, 6.45) is -3.10. The van der Waals surface area contributed by atoms with E-state index in [0.717, 1.165) is 12.8 Å². The van der Waals surface area contributed by atoms with E-state index >= 15 is 0 Å². The molecule has 1 fully saturated rings. The van der Waals surface area contributed by atoms with E-state index in [1.54, 1.807) is 0 Å². The third-order valence-corrected chi connectivity index (χ3v) is 5.51. The van der Waals surface area contributed by atoms with Gasteiger partial charge in [0.05, 0.1) is 0 Å². The lowest BCUT2D eigenvalue weighted by Gasteiger charge is -2.21. The topological polar surface area (TPSA) is 88.3 Å². The van der Waals surface area contributed by atoms with Gasteiger partial charge in [-0.1, -0.05) is 5.16 Å². The molecule has 1 aromatic heterocycles. The molecule has 0 aliphatic carbocycles. The molecule has 0 amide bonds. The zero-order valence-electron chi connectivity index (χ0n) is 13.1. The normalized spacial score (nSPS) is 19.3. The molecule has 1 aliphatic rings. The molecule has 7 nitrogen and oxygen atoms in total. The highest BCUT2D eigenvalue weighted by molar-refractivity contribution is 7.90. The molecule has 1 N–H and O–H groups in total. The van der Waals surface area contributed by atoms with E-state index in [1.165, 1.54) is 28.6 Å². The van der Waals surface area contributed by atoms with Gasteiger partial charge >= 0.3 is 22.3 Å². The van der Waals surface area contributed by atoms with E-state index in [0.29, 0.717) is 12.2 Å². The van der Waals surface area contributed by atoms with Crippen LogP contribution < -0.4 is 4.72 Å². The standard InChI is InChI=1S/C14H15F3N4O3S/c1-9-3-2-8-21(9)25(22,23)20-11-6-4-10(5-7-11)12-18-13(24-19-12)14(15,16)17/h4-7,9,20H,2-3,8H2,1H3. The molecule has 11 heteroatoms. The number of nitrogens with one attached hydrogen (secondary N) is 1. The van der Waals surface area contributed by atoms with Gasteiger partial charge in [0.1, 0.15) is 0 Å². The summed E-state index contributed by atoms with van der Waals surface area (Å²) in [7, 11) is -3.67. The Labute approximate surface area is 142 Å². The van der Waals surface area contributed by atoms with Gasteiger partial charge in [-0.05, 0) is 44.0 Å². The van der Waals surface area contributed by atoms with Crippen molar-refractivity contribution >= 4 is 15.9 Å². The summed E-state index contributed by atoms with van der Waals surface area (Å²) in [5.74, 6) is -1.66. The third kappa shape index (κ3) is 3.76. The molecular formula is C14H15F3N4O3S. The largest absolute Gasteiger partial charge is 0.471 e. The number of benzene rings is 1. The second kappa shape index (κ2) is 6.30. The maximum atomic E-state index is 12.5. The third-order valence-electron chi connectivity index (χ3n) is 3.86. The van der Waals surface area contributed by atoms with E-state index < -0.39 is 22.3 Å². The first-order valence-corrected chi connectivity index (χ1v) is 8.92. The minimum absolute atomic E-state index is 0.0723. The minimum Gasteiger partial charge on any atom is -0.329 e. The Kier molecular flexibility index (Phi) is 4.45.